The molecule has 0 nitrogen and oxygen atoms in total. The smallest absolute Gasteiger partial charge is 0.123 e. The van der Waals surface area contributed by atoms with E-state index in [1.807, 2.05) is 60.7 Å². The van der Waals surface area contributed by atoms with Crippen LogP contribution in [0.3, 0.4) is 0 Å². The molecule has 0 bridgehead atoms. The molecule has 0 amide bonds. The summed E-state index contributed by atoms with van der Waals surface area (Å²) in [6.45, 7) is 0. The molecule has 0 unspecified atom stereocenters. The topological polar surface area (TPSA) is 0 Å². The van der Waals surface area contributed by atoms with Gasteiger partial charge < -0.3 is 0 Å². The summed E-state index contributed by atoms with van der Waals surface area (Å²) in [7, 11) is 0. The van der Waals surface area contributed by atoms with Gasteiger partial charge in [0.2, 0.25) is 0 Å². The minimum absolute atomic E-state index is 0.281. The van der Waals surface area contributed by atoms with Crippen LogP contribution in [0.5, 0.6) is 0 Å². The zero-order valence-electron chi connectivity index (χ0n) is 15.5. The maximum Gasteiger partial charge on any atom is 0.123 e. The maximum atomic E-state index is 13.7. The number of halogens is 2. The largest absolute Gasteiger partial charge is 0.207 e. The molecule has 0 heterocycles. The number of rotatable bonds is 6. The van der Waals surface area contributed by atoms with Gasteiger partial charge in [-0.1, -0.05) is 84.2 Å². The number of thioether (sulfide) groups is 2. The first-order chi connectivity index (χ1) is 14.2. The van der Waals surface area contributed by atoms with Crippen LogP contribution >= 0.6 is 23.5 Å². The Bertz CT molecular complexity index is 958. The number of hydrogen-bond donors (Lipinski definition) is 0. The summed E-state index contributed by atoms with van der Waals surface area (Å²) in [6, 6.07) is 33.3. The normalized spacial score (nSPS) is 11.4. The first-order valence-electron chi connectivity index (χ1n) is 9.16. The van der Waals surface area contributed by atoms with Gasteiger partial charge >= 0.3 is 0 Å². The monoisotopic (exact) mass is 420 g/mol. The molecule has 0 aliphatic heterocycles. The molecule has 0 aliphatic rings. The van der Waals surface area contributed by atoms with Crippen LogP contribution in [0, 0.1) is 11.6 Å². The molecule has 4 heteroatoms. The van der Waals surface area contributed by atoms with Crippen LogP contribution in [0.4, 0.5) is 8.78 Å². The zero-order chi connectivity index (χ0) is 20.1. The summed E-state index contributed by atoms with van der Waals surface area (Å²) in [5.41, 5.74) is 1.88. The third-order valence-corrected chi connectivity index (χ3v) is 7.49. The molecule has 0 spiro atoms. The highest BCUT2D eigenvalue weighted by molar-refractivity contribution is 8.17. The molecule has 29 heavy (non-hydrogen) atoms. The van der Waals surface area contributed by atoms with E-state index in [0.29, 0.717) is 0 Å². The minimum atomic E-state index is -0.621. The van der Waals surface area contributed by atoms with Crippen molar-refractivity contribution in [2.24, 2.45) is 0 Å². The van der Waals surface area contributed by atoms with Crippen molar-refractivity contribution in [2.45, 2.75) is 13.9 Å². The molecule has 0 saturated heterocycles. The summed E-state index contributed by atoms with van der Waals surface area (Å²) in [5, 5.41) is 0. The van der Waals surface area contributed by atoms with Crippen LogP contribution in [-0.2, 0) is 4.08 Å². The Morgan fingerprint density at radius 3 is 1.14 bits per heavy atom. The van der Waals surface area contributed by atoms with Crippen molar-refractivity contribution in [3.8, 4) is 0 Å². The highest BCUT2D eigenvalue weighted by Gasteiger charge is 2.37. The molecular formula is C25H18F2S2. The van der Waals surface area contributed by atoms with E-state index in [1.54, 1.807) is 23.5 Å². The molecule has 4 aromatic rings. The van der Waals surface area contributed by atoms with Crippen LogP contribution < -0.4 is 0 Å². The zero-order valence-corrected chi connectivity index (χ0v) is 17.1. The second-order valence-electron chi connectivity index (χ2n) is 6.46. The predicted octanol–water partition coefficient (Wildman–Crippen LogP) is 7.75. The van der Waals surface area contributed by atoms with Crippen molar-refractivity contribution < 1.29 is 8.78 Å². The van der Waals surface area contributed by atoms with Gasteiger partial charge in [0.1, 0.15) is 15.7 Å². The van der Waals surface area contributed by atoms with Crippen molar-refractivity contribution >= 4 is 23.5 Å². The first-order valence-corrected chi connectivity index (χ1v) is 10.8. The lowest BCUT2D eigenvalue weighted by Gasteiger charge is -2.34. The van der Waals surface area contributed by atoms with Crippen molar-refractivity contribution in [2.75, 3.05) is 0 Å². The lowest BCUT2D eigenvalue weighted by molar-refractivity contribution is 0.626. The van der Waals surface area contributed by atoms with Gasteiger partial charge in [0.25, 0.3) is 0 Å². The second kappa shape index (κ2) is 8.85. The standard InChI is InChI=1S/C25H18F2S2/c26-21-15-11-19(12-16-21)25(20-13-17-22(27)18-14-20,28-23-7-3-1-4-8-23)29-24-9-5-2-6-10-24/h1-18H. The summed E-state index contributed by atoms with van der Waals surface area (Å²) in [6.07, 6.45) is 0. The van der Waals surface area contributed by atoms with Gasteiger partial charge in [0.05, 0.1) is 0 Å². The Morgan fingerprint density at radius 1 is 0.448 bits per heavy atom. The fourth-order valence-electron chi connectivity index (χ4n) is 3.07. The molecule has 144 valence electrons. The Kier molecular flexibility index (Phi) is 6.02. The average Bonchev–Trinajstić information content (AvgIpc) is 2.76. The van der Waals surface area contributed by atoms with Crippen molar-refractivity contribution in [3.63, 3.8) is 0 Å². The van der Waals surface area contributed by atoms with Gasteiger partial charge in [0.15, 0.2) is 0 Å². The quantitative estimate of drug-likeness (QED) is 0.231. The first kappa shape index (κ1) is 19.7. The summed E-state index contributed by atoms with van der Waals surface area (Å²) in [5.74, 6) is -0.563. The predicted molar refractivity (Wildman–Crippen MR) is 118 cm³/mol. The third kappa shape index (κ3) is 4.55. The lowest BCUT2D eigenvalue weighted by Crippen LogP contribution is -2.19. The van der Waals surface area contributed by atoms with Gasteiger partial charge in [-0.3, -0.25) is 0 Å². The average molecular weight is 421 g/mol. The molecule has 4 aromatic carbocycles. The van der Waals surface area contributed by atoms with E-state index in [1.165, 1.54) is 24.3 Å². The van der Waals surface area contributed by atoms with E-state index in [9.17, 15) is 8.78 Å². The molecule has 0 aliphatic carbocycles. The Morgan fingerprint density at radius 2 is 0.793 bits per heavy atom. The molecular weight excluding hydrogens is 402 g/mol. The Labute approximate surface area is 178 Å². The van der Waals surface area contributed by atoms with Crippen LogP contribution in [0.2, 0.25) is 0 Å². The molecule has 4 rings (SSSR count). The second-order valence-corrected chi connectivity index (χ2v) is 9.29. The van der Waals surface area contributed by atoms with Crippen molar-refractivity contribution in [1.29, 1.82) is 0 Å². The Balaban J connectivity index is 1.92. The van der Waals surface area contributed by atoms with Gasteiger partial charge in [-0.2, -0.15) is 0 Å². The van der Waals surface area contributed by atoms with Crippen LogP contribution in [0.1, 0.15) is 11.1 Å². The van der Waals surface area contributed by atoms with E-state index in [4.69, 9.17) is 0 Å². The summed E-state index contributed by atoms with van der Waals surface area (Å²) >= 11 is 3.33. The molecule has 0 aromatic heterocycles. The highest BCUT2D eigenvalue weighted by atomic mass is 32.2. The molecule has 0 radical (unpaired) electrons. The van der Waals surface area contributed by atoms with Gasteiger partial charge in [-0.25, -0.2) is 8.78 Å². The number of hydrogen-bond acceptors (Lipinski definition) is 2. The highest BCUT2D eigenvalue weighted by Crippen LogP contribution is 2.57. The maximum absolute atomic E-state index is 13.7. The molecule has 0 N–H and O–H groups in total. The van der Waals surface area contributed by atoms with Gasteiger partial charge in [-0.05, 0) is 59.7 Å². The van der Waals surface area contributed by atoms with E-state index >= 15 is 0 Å². The minimum Gasteiger partial charge on any atom is -0.207 e. The van der Waals surface area contributed by atoms with Gasteiger partial charge in [0, 0.05) is 9.79 Å². The fourth-order valence-corrected chi connectivity index (χ4v) is 6.08. The van der Waals surface area contributed by atoms with Gasteiger partial charge in [-0.15, -0.1) is 0 Å². The van der Waals surface area contributed by atoms with E-state index < -0.39 is 4.08 Å². The van der Waals surface area contributed by atoms with E-state index in [-0.39, 0.29) is 11.6 Å². The van der Waals surface area contributed by atoms with E-state index in [2.05, 4.69) is 24.3 Å². The third-order valence-electron chi connectivity index (χ3n) is 4.46. The summed E-state index contributed by atoms with van der Waals surface area (Å²) < 4.78 is 26.8. The molecule has 0 saturated carbocycles. The number of benzene rings is 4. The fraction of sp³-hybridized carbons (Fsp3) is 0.0400. The SMILES string of the molecule is Fc1ccc(C(Sc2ccccc2)(Sc2ccccc2)c2ccc(F)cc2)cc1. The van der Waals surface area contributed by atoms with Crippen molar-refractivity contribution in [3.05, 3.63) is 132 Å². The van der Waals surface area contributed by atoms with Crippen LogP contribution in [0.15, 0.2) is 119 Å². The summed E-state index contributed by atoms with van der Waals surface area (Å²) in [4.78, 5) is 2.15. The van der Waals surface area contributed by atoms with E-state index in [0.717, 1.165) is 20.9 Å². The van der Waals surface area contributed by atoms with Crippen LogP contribution in [0.25, 0.3) is 0 Å². The van der Waals surface area contributed by atoms with Crippen LogP contribution in [-0.4, -0.2) is 0 Å². The van der Waals surface area contributed by atoms with Crippen molar-refractivity contribution in [1.82, 2.24) is 0 Å². The lowest BCUT2D eigenvalue weighted by atomic mass is 10.0. The molecule has 0 atom stereocenters. The molecule has 0 fully saturated rings. The Hall–Kier alpha value is -2.56.